The molecule has 1 aromatic heterocycles. The molecule has 0 aliphatic carbocycles. The Labute approximate surface area is 131 Å². The molecule has 0 bridgehead atoms. The highest BCUT2D eigenvalue weighted by atomic mass is 16.5. The molecule has 122 valence electrons. The molecule has 1 aromatic rings. The highest BCUT2D eigenvalue weighted by Crippen LogP contribution is 2.24. The fourth-order valence-corrected chi connectivity index (χ4v) is 3.18. The van der Waals surface area contributed by atoms with Crippen molar-refractivity contribution >= 4 is 6.03 Å². The number of hydrogen-bond donors (Lipinski definition) is 2. The topological polar surface area (TPSA) is 66.7 Å². The minimum absolute atomic E-state index is 0.109. The molecule has 6 heteroatoms. The molecule has 0 unspecified atom stereocenters. The lowest BCUT2D eigenvalue weighted by Gasteiger charge is -2.26. The van der Waals surface area contributed by atoms with Crippen LogP contribution in [0.25, 0.3) is 0 Å². The van der Waals surface area contributed by atoms with E-state index in [0.717, 1.165) is 38.5 Å². The van der Waals surface area contributed by atoms with Crippen LogP contribution in [-0.4, -0.2) is 50.3 Å². The van der Waals surface area contributed by atoms with Crippen molar-refractivity contribution < 1.29 is 13.9 Å². The smallest absolute Gasteiger partial charge is 0.314 e. The molecule has 2 N–H and O–H groups in total. The lowest BCUT2D eigenvalue weighted by molar-refractivity contribution is 0.184. The minimum atomic E-state index is -0.109. The van der Waals surface area contributed by atoms with Gasteiger partial charge in [-0.1, -0.05) is 0 Å². The second-order valence-electron chi connectivity index (χ2n) is 6.09. The molecule has 2 saturated heterocycles. The normalized spacial score (nSPS) is 23.5. The van der Waals surface area contributed by atoms with Crippen molar-refractivity contribution in [3.8, 4) is 0 Å². The van der Waals surface area contributed by atoms with Gasteiger partial charge >= 0.3 is 6.03 Å². The molecule has 0 saturated carbocycles. The van der Waals surface area contributed by atoms with Crippen molar-refractivity contribution in [3.05, 3.63) is 24.2 Å². The summed E-state index contributed by atoms with van der Waals surface area (Å²) in [6.45, 7) is 4.94. The van der Waals surface area contributed by atoms with E-state index >= 15 is 0 Å². The van der Waals surface area contributed by atoms with Crippen LogP contribution in [0.15, 0.2) is 22.8 Å². The molecule has 22 heavy (non-hydrogen) atoms. The Kier molecular flexibility index (Phi) is 5.34. The largest absolute Gasteiger partial charge is 0.468 e. The summed E-state index contributed by atoms with van der Waals surface area (Å²) in [5.41, 5.74) is 0. The number of rotatable bonds is 6. The summed E-state index contributed by atoms with van der Waals surface area (Å²) >= 11 is 0. The van der Waals surface area contributed by atoms with E-state index in [1.54, 1.807) is 6.26 Å². The van der Waals surface area contributed by atoms with Crippen molar-refractivity contribution in [2.45, 2.75) is 25.3 Å². The van der Waals surface area contributed by atoms with Crippen LogP contribution < -0.4 is 10.6 Å². The molecule has 2 fully saturated rings. The van der Waals surface area contributed by atoms with E-state index in [0.29, 0.717) is 19.0 Å². The van der Waals surface area contributed by atoms with Crippen molar-refractivity contribution in [1.82, 2.24) is 15.5 Å². The molecule has 3 heterocycles. The molecule has 0 spiro atoms. The summed E-state index contributed by atoms with van der Waals surface area (Å²) in [6.07, 6.45) is 5.15. The van der Waals surface area contributed by atoms with E-state index in [1.165, 1.54) is 12.8 Å². The Morgan fingerprint density at radius 1 is 1.36 bits per heavy atom. The molecular weight excluding hydrogens is 282 g/mol. The van der Waals surface area contributed by atoms with E-state index in [1.807, 2.05) is 12.1 Å². The first-order chi connectivity index (χ1) is 10.8. The van der Waals surface area contributed by atoms with Gasteiger partial charge in [0.05, 0.1) is 18.9 Å². The Bertz CT molecular complexity index is 451. The lowest BCUT2D eigenvalue weighted by Crippen LogP contribution is -2.42. The van der Waals surface area contributed by atoms with Crippen LogP contribution in [0.1, 0.15) is 31.1 Å². The van der Waals surface area contributed by atoms with Crippen molar-refractivity contribution in [1.29, 1.82) is 0 Å². The molecular formula is C16H25N3O3. The third-order valence-electron chi connectivity index (χ3n) is 4.48. The maximum absolute atomic E-state index is 12.0. The average molecular weight is 307 g/mol. The number of urea groups is 1. The zero-order chi connectivity index (χ0) is 15.2. The van der Waals surface area contributed by atoms with E-state index in [2.05, 4.69) is 15.5 Å². The molecule has 2 amide bonds. The summed E-state index contributed by atoms with van der Waals surface area (Å²) in [6, 6.07) is 3.90. The second-order valence-corrected chi connectivity index (χ2v) is 6.09. The van der Waals surface area contributed by atoms with Gasteiger partial charge < -0.3 is 19.8 Å². The molecule has 6 nitrogen and oxygen atoms in total. The summed E-state index contributed by atoms with van der Waals surface area (Å²) < 4.78 is 10.9. The van der Waals surface area contributed by atoms with Crippen LogP contribution in [0, 0.1) is 5.92 Å². The van der Waals surface area contributed by atoms with Crippen molar-refractivity contribution in [2.75, 3.05) is 39.4 Å². The fourth-order valence-electron chi connectivity index (χ4n) is 3.18. The van der Waals surface area contributed by atoms with Crippen LogP contribution in [0.4, 0.5) is 4.79 Å². The van der Waals surface area contributed by atoms with Crippen molar-refractivity contribution in [2.24, 2.45) is 5.92 Å². The maximum atomic E-state index is 12.0. The standard InChI is InChI=1S/C16H25N3O3/c20-16(17-10-13-5-9-21-12-13)18-11-14(15-4-3-8-22-15)19-6-1-2-7-19/h3-4,8,13-14H,1-2,5-7,9-12H2,(H2,17,18,20)/t13-,14-/m1/s1. The molecule has 2 aliphatic heterocycles. The first-order valence-electron chi connectivity index (χ1n) is 8.20. The van der Waals surface area contributed by atoms with Gasteiger partial charge in [-0.15, -0.1) is 0 Å². The predicted molar refractivity (Wildman–Crippen MR) is 82.6 cm³/mol. The highest BCUT2D eigenvalue weighted by molar-refractivity contribution is 5.73. The molecule has 3 rings (SSSR count). The molecule has 2 atom stereocenters. The Balaban J connectivity index is 1.47. The molecule has 2 aliphatic rings. The first-order valence-corrected chi connectivity index (χ1v) is 8.20. The predicted octanol–water partition coefficient (Wildman–Crippen LogP) is 1.75. The minimum Gasteiger partial charge on any atom is -0.468 e. The van der Waals surface area contributed by atoms with Gasteiger partial charge in [0.15, 0.2) is 0 Å². The van der Waals surface area contributed by atoms with Gasteiger partial charge in [0.1, 0.15) is 5.76 Å². The SMILES string of the molecule is O=C(NC[C@H]1CCOC1)NC[C@H](c1ccco1)N1CCCC1. The number of furan rings is 1. The van der Waals surface area contributed by atoms with Gasteiger partial charge in [-0.05, 0) is 44.5 Å². The summed E-state index contributed by atoms with van der Waals surface area (Å²) in [5.74, 6) is 1.37. The summed E-state index contributed by atoms with van der Waals surface area (Å²) in [5, 5.41) is 5.92. The van der Waals surface area contributed by atoms with Crippen LogP contribution in [0.3, 0.4) is 0 Å². The second kappa shape index (κ2) is 7.65. The van der Waals surface area contributed by atoms with Crippen LogP contribution in [0.2, 0.25) is 0 Å². The van der Waals surface area contributed by atoms with Gasteiger partial charge in [-0.25, -0.2) is 4.79 Å². The summed E-state index contributed by atoms with van der Waals surface area (Å²) in [7, 11) is 0. The highest BCUT2D eigenvalue weighted by Gasteiger charge is 2.26. The summed E-state index contributed by atoms with van der Waals surface area (Å²) in [4.78, 5) is 14.4. The van der Waals surface area contributed by atoms with Gasteiger partial charge in [0, 0.05) is 25.6 Å². The monoisotopic (exact) mass is 307 g/mol. The van der Waals surface area contributed by atoms with Gasteiger partial charge in [0.2, 0.25) is 0 Å². The van der Waals surface area contributed by atoms with Crippen LogP contribution in [-0.2, 0) is 4.74 Å². The maximum Gasteiger partial charge on any atom is 0.314 e. The third kappa shape index (κ3) is 4.01. The molecule has 0 aromatic carbocycles. The number of amides is 2. The van der Waals surface area contributed by atoms with Gasteiger partial charge in [-0.3, -0.25) is 4.90 Å². The van der Waals surface area contributed by atoms with Gasteiger partial charge in [-0.2, -0.15) is 0 Å². The number of carbonyl (C=O) groups excluding carboxylic acids is 1. The zero-order valence-corrected chi connectivity index (χ0v) is 12.9. The number of nitrogens with zero attached hydrogens (tertiary/aromatic N) is 1. The van der Waals surface area contributed by atoms with Crippen LogP contribution >= 0.6 is 0 Å². The number of hydrogen-bond acceptors (Lipinski definition) is 4. The third-order valence-corrected chi connectivity index (χ3v) is 4.48. The van der Waals surface area contributed by atoms with E-state index < -0.39 is 0 Å². The lowest BCUT2D eigenvalue weighted by atomic mass is 10.1. The van der Waals surface area contributed by atoms with E-state index in [-0.39, 0.29) is 12.1 Å². The van der Waals surface area contributed by atoms with Gasteiger partial charge in [0.25, 0.3) is 0 Å². The number of ether oxygens (including phenoxy) is 1. The average Bonchev–Trinajstić information content (AvgIpc) is 3.27. The van der Waals surface area contributed by atoms with Crippen LogP contribution in [0.5, 0.6) is 0 Å². The fraction of sp³-hybridized carbons (Fsp3) is 0.688. The van der Waals surface area contributed by atoms with E-state index in [9.17, 15) is 4.79 Å². The molecule has 0 radical (unpaired) electrons. The number of nitrogens with one attached hydrogen (secondary N) is 2. The number of likely N-dealkylation sites (tertiary alicyclic amines) is 1. The van der Waals surface area contributed by atoms with E-state index in [4.69, 9.17) is 9.15 Å². The Morgan fingerprint density at radius 3 is 2.91 bits per heavy atom. The van der Waals surface area contributed by atoms with Crippen molar-refractivity contribution in [3.63, 3.8) is 0 Å². The zero-order valence-electron chi connectivity index (χ0n) is 12.9. The number of carbonyl (C=O) groups is 1. The Morgan fingerprint density at radius 2 is 2.23 bits per heavy atom. The quantitative estimate of drug-likeness (QED) is 0.840. The Hall–Kier alpha value is -1.53. The first kappa shape index (κ1) is 15.4.